The lowest BCUT2D eigenvalue weighted by Crippen LogP contribution is -2.35. The van der Waals surface area contributed by atoms with E-state index < -0.39 is 0 Å². The van der Waals surface area contributed by atoms with Crippen LogP contribution in [0.1, 0.15) is 18.9 Å². The average Bonchev–Trinajstić information content (AvgIpc) is 2.35. The minimum Gasteiger partial charge on any atom is -0.394 e. The Bertz CT molecular complexity index is 383. The van der Waals surface area contributed by atoms with Crippen LogP contribution in [0.5, 0.6) is 0 Å². The first-order chi connectivity index (χ1) is 8.15. The Balaban J connectivity index is 2.53. The molecule has 0 saturated heterocycles. The van der Waals surface area contributed by atoms with Gasteiger partial charge in [-0.3, -0.25) is 4.79 Å². The summed E-state index contributed by atoms with van der Waals surface area (Å²) in [5.41, 5.74) is 0.904. The Hall–Kier alpha value is -1.32. The Labute approximate surface area is 106 Å². The van der Waals surface area contributed by atoms with Crippen molar-refractivity contribution < 1.29 is 9.90 Å². The van der Waals surface area contributed by atoms with Gasteiger partial charge in [-0.15, -0.1) is 0 Å². The second kappa shape index (κ2) is 7.09. The van der Waals surface area contributed by atoms with Crippen molar-refractivity contribution in [2.24, 2.45) is 0 Å². The largest absolute Gasteiger partial charge is 0.394 e. The summed E-state index contributed by atoms with van der Waals surface area (Å²) in [5.74, 6) is -0.208. The lowest BCUT2D eigenvalue weighted by Gasteiger charge is -2.11. The zero-order valence-corrected chi connectivity index (χ0v) is 10.4. The molecule has 0 heterocycles. The van der Waals surface area contributed by atoms with E-state index in [4.69, 9.17) is 16.7 Å². The van der Waals surface area contributed by atoms with E-state index in [9.17, 15) is 4.79 Å². The molecule has 2 N–H and O–H groups in total. The van der Waals surface area contributed by atoms with E-state index in [-0.39, 0.29) is 18.6 Å². The van der Waals surface area contributed by atoms with Crippen LogP contribution in [0, 0.1) is 0 Å². The number of aliphatic hydroxyl groups is 1. The molecule has 1 rings (SSSR count). The molecule has 0 aliphatic rings. The van der Waals surface area contributed by atoms with Gasteiger partial charge in [-0.25, -0.2) is 0 Å². The van der Waals surface area contributed by atoms with E-state index in [1.807, 2.05) is 19.1 Å². The molecule has 1 aromatic rings. The van der Waals surface area contributed by atoms with E-state index in [1.165, 1.54) is 6.08 Å². The summed E-state index contributed by atoms with van der Waals surface area (Å²) >= 11 is 5.75. The number of hydrogen-bond donors (Lipinski definition) is 2. The van der Waals surface area contributed by atoms with Gasteiger partial charge >= 0.3 is 0 Å². The topological polar surface area (TPSA) is 49.3 Å². The first-order valence-electron chi connectivity index (χ1n) is 5.50. The number of aliphatic hydroxyl groups excluding tert-OH is 1. The Morgan fingerprint density at radius 3 is 2.65 bits per heavy atom. The molecule has 92 valence electrons. The van der Waals surface area contributed by atoms with Crippen LogP contribution in [-0.4, -0.2) is 23.7 Å². The SMILES string of the molecule is CC[C@@H](CO)NC(=O)/C=C\c1ccc(Cl)cc1. The quantitative estimate of drug-likeness (QED) is 0.791. The smallest absolute Gasteiger partial charge is 0.244 e. The molecule has 0 aliphatic carbocycles. The Morgan fingerprint density at radius 2 is 2.12 bits per heavy atom. The molecular weight excluding hydrogens is 238 g/mol. The van der Waals surface area contributed by atoms with Crippen LogP contribution in [0.25, 0.3) is 6.08 Å². The molecule has 1 amide bonds. The van der Waals surface area contributed by atoms with Gasteiger partial charge in [0.2, 0.25) is 5.91 Å². The monoisotopic (exact) mass is 253 g/mol. The Kier molecular flexibility index (Phi) is 5.73. The van der Waals surface area contributed by atoms with Crippen LogP contribution in [0.15, 0.2) is 30.3 Å². The molecular formula is C13H16ClNO2. The maximum atomic E-state index is 11.5. The molecule has 0 spiro atoms. The highest BCUT2D eigenvalue weighted by Gasteiger charge is 2.05. The summed E-state index contributed by atoms with van der Waals surface area (Å²) in [6.07, 6.45) is 3.86. The van der Waals surface area contributed by atoms with Gasteiger partial charge in [0.15, 0.2) is 0 Å². The molecule has 0 radical (unpaired) electrons. The van der Waals surface area contributed by atoms with E-state index in [0.717, 1.165) is 5.56 Å². The summed E-state index contributed by atoms with van der Waals surface area (Å²) in [5, 5.41) is 12.3. The van der Waals surface area contributed by atoms with Gasteiger partial charge in [-0.2, -0.15) is 0 Å². The number of carbonyl (C=O) groups excluding carboxylic acids is 1. The van der Waals surface area contributed by atoms with Gasteiger partial charge in [0.1, 0.15) is 0 Å². The molecule has 0 bridgehead atoms. The molecule has 17 heavy (non-hydrogen) atoms. The van der Waals surface area contributed by atoms with Crippen LogP contribution in [-0.2, 0) is 4.79 Å². The van der Waals surface area contributed by atoms with Gasteiger partial charge in [-0.05, 0) is 30.2 Å². The molecule has 4 heteroatoms. The van der Waals surface area contributed by atoms with Crippen molar-refractivity contribution in [3.05, 3.63) is 40.9 Å². The molecule has 1 aromatic carbocycles. The average molecular weight is 254 g/mol. The highest BCUT2D eigenvalue weighted by atomic mass is 35.5. The highest BCUT2D eigenvalue weighted by molar-refractivity contribution is 6.30. The maximum Gasteiger partial charge on any atom is 0.244 e. The summed E-state index contributed by atoms with van der Waals surface area (Å²) in [6.45, 7) is 1.86. The van der Waals surface area contributed by atoms with E-state index in [2.05, 4.69) is 5.32 Å². The number of benzene rings is 1. The van der Waals surface area contributed by atoms with Gasteiger partial charge < -0.3 is 10.4 Å². The van der Waals surface area contributed by atoms with Crippen molar-refractivity contribution in [2.45, 2.75) is 19.4 Å². The third kappa shape index (κ3) is 5.02. The number of halogens is 1. The Morgan fingerprint density at radius 1 is 1.47 bits per heavy atom. The summed E-state index contributed by atoms with van der Waals surface area (Å²) in [6, 6.07) is 7.01. The third-order valence-electron chi connectivity index (χ3n) is 2.36. The minimum absolute atomic E-state index is 0.0446. The normalized spacial score (nSPS) is 12.6. The first kappa shape index (κ1) is 13.7. The predicted octanol–water partition coefficient (Wildman–Crippen LogP) is 2.24. The second-order valence-corrected chi connectivity index (χ2v) is 4.12. The lowest BCUT2D eigenvalue weighted by molar-refractivity contribution is -0.117. The molecule has 3 nitrogen and oxygen atoms in total. The fraction of sp³-hybridized carbons (Fsp3) is 0.308. The number of carbonyl (C=O) groups is 1. The molecule has 1 atom stereocenters. The summed E-state index contributed by atoms with van der Waals surface area (Å²) in [7, 11) is 0. The van der Waals surface area contributed by atoms with Gasteiger partial charge in [0.05, 0.1) is 12.6 Å². The highest BCUT2D eigenvalue weighted by Crippen LogP contribution is 2.10. The van der Waals surface area contributed by atoms with Crippen LogP contribution in [0.4, 0.5) is 0 Å². The second-order valence-electron chi connectivity index (χ2n) is 3.68. The first-order valence-corrected chi connectivity index (χ1v) is 5.88. The van der Waals surface area contributed by atoms with Gasteiger partial charge in [0, 0.05) is 11.1 Å². The van der Waals surface area contributed by atoms with Crippen LogP contribution in [0.2, 0.25) is 5.02 Å². The molecule has 0 unspecified atom stereocenters. The van der Waals surface area contributed by atoms with Crippen molar-refractivity contribution in [1.82, 2.24) is 5.32 Å². The molecule has 0 aromatic heterocycles. The predicted molar refractivity (Wildman–Crippen MR) is 69.8 cm³/mol. The number of amides is 1. The van der Waals surface area contributed by atoms with Gasteiger partial charge in [-0.1, -0.05) is 30.7 Å². The molecule has 0 fully saturated rings. The number of nitrogens with one attached hydrogen (secondary N) is 1. The van der Waals surface area contributed by atoms with Crippen LogP contribution < -0.4 is 5.32 Å². The number of hydrogen-bond acceptors (Lipinski definition) is 2. The van der Waals surface area contributed by atoms with E-state index in [1.54, 1.807) is 18.2 Å². The lowest BCUT2D eigenvalue weighted by atomic mass is 10.2. The molecule has 0 aliphatic heterocycles. The third-order valence-corrected chi connectivity index (χ3v) is 2.61. The van der Waals surface area contributed by atoms with Crippen LogP contribution >= 0.6 is 11.6 Å². The van der Waals surface area contributed by atoms with Crippen LogP contribution in [0.3, 0.4) is 0 Å². The minimum atomic E-state index is -0.208. The van der Waals surface area contributed by atoms with Crippen molar-refractivity contribution in [3.63, 3.8) is 0 Å². The fourth-order valence-corrected chi connectivity index (χ4v) is 1.40. The number of rotatable bonds is 5. The molecule has 0 saturated carbocycles. The van der Waals surface area contributed by atoms with Crippen molar-refractivity contribution in [1.29, 1.82) is 0 Å². The maximum absolute atomic E-state index is 11.5. The van der Waals surface area contributed by atoms with Crippen molar-refractivity contribution >= 4 is 23.6 Å². The van der Waals surface area contributed by atoms with E-state index in [0.29, 0.717) is 11.4 Å². The standard InChI is InChI=1S/C13H16ClNO2/c1-2-12(9-16)15-13(17)8-5-10-3-6-11(14)7-4-10/h3-8,12,16H,2,9H2,1H3,(H,15,17)/b8-5-/t12-/m0/s1. The zero-order chi connectivity index (χ0) is 12.7. The van der Waals surface area contributed by atoms with E-state index >= 15 is 0 Å². The summed E-state index contributed by atoms with van der Waals surface area (Å²) < 4.78 is 0. The van der Waals surface area contributed by atoms with Gasteiger partial charge in [0.25, 0.3) is 0 Å². The zero-order valence-electron chi connectivity index (χ0n) is 9.69. The van der Waals surface area contributed by atoms with Crippen molar-refractivity contribution in [2.75, 3.05) is 6.61 Å². The summed E-state index contributed by atoms with van der Waals surface area (Å²) in [4.78, 5) is 11.5. The van der Waals surface area contributed by atoms with Crippen molar-refractivity contribution in [3.8, 4) is 0 Å². The fourth-order valence-electron chi connectivity index (χ4n) is 1.27.